The SMILES string of the molecule is COc1cc(P(=O)(c2cc(C)c(OC)c(C)c2)c2cc(C)c(OC)c(C)c2)c(-c2cc(P(=O)(c3cc(C)c(OC)c(C)c3)c3cc(C)c(OC)c(C)c3)c(OC)c3c2OCO3)c2c1OCO2. The molecule has 12 nitrogen and oxygen atoms in total. The van der Waals surface area contributed by atoms with E-state index in [1.807, 2.05) is 110 Å². The summed E-state index contributed by atoms with van der Waals surface area (Å²) in [6.45, 7) is 15.1. The first-order valence-corrected chi connectivity index (χ1v) is 24.8. The number of methoxy groups -OCH3 is 6. The molecule has 6 aromatic carbocycles. The third kappa shape index (κ3) is 7.12. The van der Waals surface area contributed by atoms with E-state index in [4.69, 9.17) is 47.4 Å². The molecule has 0 N–H and O–H groups in total. The molecule has 0 aromatic heterocycles. The lowest BCUT2D eigenvalue weighted by Crippen LogP contribution is -2.29. The molecule has 6 aromatic rings. The molecule has 346 valence electrons. The van der Waals surface area contributed by atoms with Gasteiger partial charge < -0.3 is 56.5 Å². The predicted octanol–water partition coefficient (Wildman–Crippen LogP) is 8.61. The first-order valence-electron chi connectivity index (χ1n) is 21.4. The maximum Gasteiger partial charge on any atom is 0.231 e. The van der Waals surface area contributed by atoms with E-state index in [-0.39, 0.29) is 36.6 Å². The number of hydrogen-bond donors (Lipinski definition) is 0. The fraction of sp³-hybridized carbons (Fsp3) is 0.308. The summed E-state index contributed by atoms with van der Waals surface area (Å²) in [6.07, 6.45) is 0. The van der Waals surface area contributed by atoms with E-state index in [9.17, 15) is 0 Å². The van der Waals surface area contributed by atoms with Gasteiger partial charge in [0.2, 0.25) is 25.1 Å². The summed E-state index contributed by atoms with van der Waals surface area (Å²) in [5.74, 6) is 4.36. The molecule has 0 fully saturated rings. The monoisotopic (exact) mass is 934 g/mol. The normalized spacial score (nSPS) is 12.9. The van der Waals surface area contributed by atoms with Gasteiger partial charge in [-0.15, -0.1) is 0 Å². The zero-order valence-corrected chi connectivity index (χ0v) is 41.8. The molecule has 2 aliphatic heterocycles. The van der Waals surface area contributed by atoms with Crippen molar-refractivity contribution in [3.63, 3.8) is 0 Å². The summed E-state index contributed by atoms with van der Waals surface area (Å²) in [5, 5.41) is 2.80. The molecule has 0 saturated heterocycles. The van der Waals surface area contributed by atoms with E-state index in [1.165, 1.54) is 14.2 Å². The van der Waals surface area contributed by atoms with Gasteiger partial charge in [-0.25, -0.2) is 0 Å². The summed E-state index contributed by atoms with van der Waals surface area (Å²) < 4.78 is 95.2. The van der Waals surface area contributed by atoms with E-state index in [0.717, 1.165) is 44.5 Å². The van der Waals surface area contributed by atoms with Gasteiger partial charge in [0.05, 0.1) is 48.0 Å². The highest BCUT2D eigenvalue weighted by Crippen LogP contribution is 2.60. The quantitative estimate of drug-likeness (QED) is 0.103. The molecule has 0 aliphatic carbocycles. The summed E-state index contributed by atoms with van der Waals surface area (Å²) in [4.78, 5) is 0. The lowest BCUT2D eigenvalue weighted by atomic mass is 10.0. The van der Waals surface area contributed by atoms with Gasteiger partial charge in [0.25, 0.3) is 0 Å². The van der Waals surface area contributed by atoms with Crippen LogP contribution in [0, 0.1) is 55.4 Å². The Labute approximate surface area is 386 Å². The second-order valence-electron chi connectivity index (χ2n) is 16.7. The molecule has 2 aliphatic rings. The minimum atomic E-state index is -4.03. The second-order valence-corrected chi connectivity index (χ2v) is 22.2. The molecular weight excluding hydrogens is 879 g/mol. The Morgan fingerprint density at radius 2 is 0.682 bits per heavy atom. The molecule has 2 heterocycles. The van der Waals surface area contributed by atoms with E-state index in [2.05, 4.69) is 0 Å². The summed E-state index contributed by atoms with van der Waals surface area (Å²) >= 11 is 0. The number of fused-ring (bicyclic) bond motifs is 2. The van der Waals surface area contributed by atoms with Crippen LogP contribution in [0.25, 0.3) is 11.1 Å². The highest BCUT2D eigenvalue weighted by Gasteiger charge is 2.44. The van der Waals surface area contributed by atoms with Crippen LogP contribution in [-0.2, 0) is 9.13 Å². The second kappa shape index (κ2) is 17.5. The fourth-order valence-corrected chi connectivity index (χ4v) is 16.3. The van der Waals surface area contributed by atoms with Crippen molar-refractivity contribution < 1.29 is 56.5 Å². The van der Waals surface area contributed by atoms with E-state index in [0.29, 0.717) is 77.5 Å². The van der Waals surface area contributed by atoms with Crippen molar-refractivity contribution in [2.75, 3.05) is 56.2 Å². The Balaban J connectivity index is 1.57. The van der Waals surface area contributed by atoms with Crippen LogP contribution in [0.15, 0.2) is 60.7 Å². The van der Waals surface area contributed by atoms with Crippen molar-refractivity contribution >= 4 is 46.1 Å². The van der Waals surface area contributed by atoms with Crippen molar-refractivity contribution in [2.45, 2.75) is 55.4 Å². The highest BCUT2D eigenvalue weighted by molar-refractivity contribution is 7.86. The molecular formula is C52H56O12P2. The molecule has 66 heavy (non-hydrogen) atoms. The minimum absolute atomic E-state index is 0.149. The molecule has 0 saturated carbocycles. The lowest BCUT2D eigenvalue weighted by molar-refractivity contribution is 0.170. The molecule has 0 bridgehead atoms. The van der Waals surface area contributed by atoms with Gasteiger partial charge >= 0.3 is 0 Å². The van der Waals surface area contributed by atoms with Crippen LogP contribution >= 0.6 is 14.3 Å². The van der Waals surface area contributed by atoms with Crippen molar-refractivity contribution in [1.29, 1.82) is 0 Å². The third-order valence-corrected chi connectivity index (χ3v) is 18.6. The van der Waals surface area contributed by atoms with Crippen LogP contribution < -0.4 is 79.2 Å². The molecule has 0 spiro atoms. The van der Waals surface area contributed by atoms with Gasteiger partial charge in [-0.2, -0.15) is 0 Å². The van der Waals surface area contributed by atoms with Crippen LogP contribution in [0.1, 0.15) is 44.5 Å². The largest absolute Gasteiger partial charge is 0.496 e. The van der Waals surface area contributed by atoms with Crippen LogP contribution in [0.3, 0.4) is 0 Å². The number of aryl methyl sites for hydroxylation is 8. The Kier molecular flexibility index (Phi) is 12.3. The summed E-state index contributed by atoms with van der Waals surface area (Å²) in [7, 11) is 1.51. The van der Waals surface area contributed by atoms with Gasteiger partial charge in [0.15, 0.2) is 37.3 Å². The van der Waals surface area contributed by atoms with E-state index < -0.39 is 14.3 Å². The standard InChI is InChI=1S/C52H56O12P2/c1-27-15-35(16-28(2)44(27)56-10)65(53,36-17-29(3)45(57-11)30(4)18-36)41-24-40(55-9)49-51(63-26-62-49)43(41)39-23-42(50(60-14)52-48(39)61-25-64-52)66(54,37-19-31(5)46(58-12)32(6)20-37)38-21-33(7)47(59-13)34(8)22-38/h15-24H,25-26H2,1-14H3. The highest BCUT2D eigenvalue weighted by atomic mass is 31.2. The number of rotatable bonds is 13. The van der Waals surface area contributed by atoms with Crippen molar-refractivity contribution in [2.24, 2.45) is 0 Å². The van der Waals surface area contributed by atoms with Gasteiger partial charge in [0.1, 0.15) is 23.0 Å². The van der Waals surface area contributed by atoms with Gasteiger partial charge in [-0.3, -0.25) is 0 Å². The van der Waals surface area contributed by atoms with Crippen LogP contribution in [0.4, 0.5) is 0 Å². The zero-order chi connectivity index (χ0) is 47.6. The molecule has 8 rings (SSSR count). The van der Waals surface area contributed by atoms with Crippen LogP contribution in [0.2, 0.25) is 0 Å². The average molecular weight is 935 g/mol. The summed E-state index contributed by atoms with van der Waals surface area (Å²) in [5.41, 5.74) is 7.15. The number of benzene rings is 6. The zero-order valence-electron chi connectivity index (χ0n) is 40.0. The first kappa shape index (κ1) is 46.3. The van der Waals surface area contributed by atoms with Crippen LogP contribution in [0.5, 0.6) is 57.5 Å². The fourth-order valence-electron chi connectivity index (χ4n) is 9.91. The van der Waals surface area contributed by atoms with Crippen LogP contribution in [-0.4, -0.2) is 56.2 Å². The van der Waals surface area contributed by atoms with Crippen molar-refractivity contribution in [1.82, 2.24) is 0 Å². The summed E-state index contributed by atoms with van der Waals surface area (Å²) in [6, 6.07) is 18.8. The molecule has 0 atom stereocenters. The maximum atomic E-state index is 17.3. The molecule has 0 radical (unpaired) electrons. The van der Waals surface area contributed by atoms with Gasteiger partial charge in [0, 0.05) is 37.6 Å². The van der Waals surface area contributed by atoms with Crippen molar-refractivity contribution in [3.05, 3.63) is 105 Å². The number of hydrogen-bond acceptors (Lipinski definition) is 12. The third-order valence-electron chi connectivity index (χ3n) is 12.6. The maximum absolute atomic E-state index is 17.3. The smallest absolute Gasteiger partial charge is 0.231 e. The first-order chi connectivity index (χ1) is 31.5. The average Bonchev–Trinajstić information content (AvgIpc) is 3.98. The molecule has 0 unspecified atom stereocenters. The Bertz CT molecular complexity index is 2840. The van der Waals surface area contributed by atoms with Gasteiger partial charge in [-0.05, 0) is 161 Å². The Hall–Kier alpha value is -6.22. The Morgan fingerprint density at radius 3 is 1.03 bits per heavy atom. The lowest BCUT2D eigenvalue weighted by Gasteiger charge is -2.28. The van der Waals surface area contributed by atoms with E-state index in [1.54, 1.807) is 34.5 Å². The van der Waals surface area contributed by atoms with E-state index >= 15 is 9.13 Å². The van der Waals surface area contributed by atoms with Crippen molar-refractivity contribution in [3.8, 4) is 68.6 Å². The predicted molar refractivity (Wildman–Crippen MR) is 260 cm³/mol. The van der Waals surface area contributed by atoms with Gasteiger partial charge in [-0.1, -0.05) is 0 Å². The molecule has 14 heteroatoms. The molecule has 0 amide bonds. The minimum Gasteiger partial charge on any atom is -0.496 e. The Morgan fingerprint density at radius 1 is 0.364 bits per heavy atom. The topological polar surface area (TPSA) is 126 Å². The number of ether oxygens (including phenoxy) is 10.